The van der Waals surface area contributed by atoms with Crippen LogP contribution in [-0.4, -0.2) is 24.5 Å². The predicted octanol–water partition coefficient (Wildman–Crippen LogP) is 2.01. The van der Waals surface area contributed by atoms with Crippen molar-refractivity contribution in [3.05, 3.63) is 36.3 Å². The van der Waals surface area contributed by atoms with Crippen LogP contribution in [0.3, 0.4) is 0 Å². The monoisotopic (exact) mass is 227 g/mol. The molecule has 5 nitrogen and oxygen atoms in total. The Hall–Kier alpha value is -2.17. The Labute approximate surface area is 98.6 Å². The van der Waals surface area contributed by atoms with Crippen molar-refractivity contribution in [2.75, 3.05) is 0 Å². The van der Waals surface area contributed by atoms with Crippen molar-refractivity contribution in [1.82, 2.24) is 24.5 Å². The summed E-state index contributed by atoms with van der Waals surface area (Å²) in [6.45, 7) is 4.10. The molecule has 0 fully saturated rings. The number of rotatable bonds is 2. The summed E-state index contributed by atoms with van der Waals surface area (Å²) in [4.78, 5) is 16.1. The summed E-state index contributed by atoms with van der Waals surface area (Å²) in [6, 6.07) is 2.06. The van der Waals surface area contributed by atoms with Crippen molar-refractivity contribution < 1.29 is 0 Å². The van der Waals surface area contributed by atoms with Gasteiger partial charge in [0.2, 0.25) is 0 Å². The van der Waals surface area contributed by atoms with E-state index >= 15 is 0 Å². The molecule has 3 heterocycles. The summed E-state index contributed by atoms with van der Waals surface area (Å²) in [7, 11) is 0. The molecule has 17 heavy (non-hydrogen) atoms. The second-order valence-electron chi connectivity index (χ2n) is 3.98. The normalized spacial score (nSPS) is 11.2. The lowest BCUT2D eigenvalue weighted by Crippen LogP contribution is -2.02. The molecule has 0 amide bonds. The summed E-state index contributed by atoms with van der Waals surface area (Å²) >= 11 is 0. The number of aromatic nitrogens is 5. The van der Waals surface area contributed by atoms with Gasteiger partial charge in [-0.25, -0.2) is 15.0 Å². The molecular weight excluding hydrogens is 214 g/mol. The fourth-order valence-corrected chi connectivity index (χ4v) is 2.04. The molecule has 86 valence electrons. The number of aromatic amines is 1. The highest BCUT2D eigenvalue weighted by Gasteiger charge is 2.10. The molecular formula is C12H13N5. The molecule has 0 aliphatic heterocycles. The van der Waals surface area contributed by atoms with Gasteiger partial charge in [0.25, 0.3) is 0 Å². The van der Waals surface area contributed by atoms with Gasteiger partial charge in [-0.15, -0.1) is 0 Å². The zero-order chi connectivity index (χ0) is 11.8. The maximum absolute atomic E-state index is 4.36. The van der Waals surface area contributed by atoms with E-state index in [9.17, 15) is 0 Å². The zero-order valence-electron chi connectivity index (χ0n) is 9.81. The first kappa shape index (κ1) is 10.0. The minimum absolute atomic E-state index is 0.864. The Morgan fingerprint density at radius 1 is 1.29 bits per heavy atom. The SMILES string of the molecule is CCc1nccn1-c1ncnc2[nH]c(C)cc12. The summed E-state index contributed by atoms with van der Waals surface area (Å²) in [5, 5.41) is 1.03. The van der Waals surface area contributed by atoms with E-state index in [0.717, 1.165) is 34.8 Å². The van der Waals surface area contributed by atoms with E-state index in [-0.39, 0.29) is 0 Å². The van der Waals surface area contributed by atoms with Crippen LogP contribution >= 0.6 is 0 Å². The lowest BCUT2D eigenvalue weighted by molar-refractivity contribution is 0.870. The van der Waals surface area contributed by atoms with Crippen LogP contribution in [-0.2, 0) is 6.42 Å². The van der Waals surface area contributed by atoms with Crippen molar-refractivity contribution >= 4 is 11.0 Å². The molecule has 5 heteroatoms. The van der Waals surface area contributed by atoms with Crippen LogP contribution in [0.5, 0.6) is 0 Å². The Morgan fingerprint density at radius 3 is 3.00 bits per heavy atom. The predicted molar refractivity (Wildman–Crippen MR) is 65.1 cm³/mol. The highest BCUT2D eigenvalue weighted by molar-refractivity contribution is 5.83. The van der Waals surface area contributed by atoms with Gasteiger partial charge in [0, 0.05) is 24.5 Å². The molecule has 3 aromatic heterocycles. The Balaban J connectivity index is 2.30. The van der Waals surface area contributed by atoms with Gasteiger partial charge < -0.3 is 4.98 Å². The number of nitrogens with zero attached hydrogens (tertiary/aromatic N) is 4. The summed E-state index contributed by atoms with van der Waals surface area (Å²) in [6.07, 6.45) is 6.18. The van der Waals surface area contributed by atoms with Crippen LogP contribution < -0.4 is 0 Å². The minimum atomic E-state index is 0.864. The number of hydrogen-bond donors (Lipinski definition) is 1. The number of nitrogens with one attached hydrogen (secondary N) is 1. The van der Waals surface area contributed by atoms with Crippen LogP contribution in [0.25, 0.3) is 16.9 Å². The molecule has 0 aliphatic rings. The van der Waals surface area contributed by atoms with Crippen molar-refractivity contribution in [1.29, 1.82) is 0 Å². The third-order valence-corrected chi connectivity index (χ3v) is 2.80. The van der Waals surface area contributed by atoms with Gasteiger partial charge in [-0.3, -0.25) is 4.57 Å². The molecule has 0 saturated carbocycles. The van der Waals surface area contributed by atoms with E-state index in [1.54, 1.807) is 12.5 Å². The van der Waals surface area contributed by atoms with Crippen LogP contribution in [0.1, 0.15) is 18.4 Å². The first-order chi connectivity index (χ1) is 8.29. The molecule has 0 spiro atoms. The summed E-state index contributed by atoms with van der Waals surface area (Å²) in [5.74, 6) is 1.89. The van der Waals surface area contributed by atoms with Crippen LogP contribution in [0.4, 0.5) is 0 Å². The zero-order valence-corrected chi connectivity index (χ0v) is 9.81. The molecule has 1 N–H and O–H groups in total. The first-order valence-electron chi connectivity index (χ1n) is 5.62. The van der Waals surface area contributed by atoms with Crippen molar-refractivity contribution in [2.24, 2.45) is 0 Å². The lowest BCUT2D eigenvalue weighted by Gasteiger charge is -2.05. The van der Waals surface area contributed by atoms with Crippen LogP contribution in [0.15, 0.2) is 24.8 Å². The van der Waals surface area contributed by atoms with Crippen LogP contribution in [0, 0.1) is 6.92 Å². The van der Waals surface area contributed by atoms with Crippen molar-refractivity contribution in [2.45, 2.75) is 20.3 Å². The van der Waals surface area contributed by atoms with Crippen molar-refractivity contribution in [3.8, 4) is 5.82 Å². The number of H-pyrrole nitrogens is 1. The maximum Gasteiger partial charge on any atom is 0.151 e. The fraction of sp³-hybridized carbons (Fsp3) is 0.250. The van der Waals surface area contributed by atoms with Gasteiger partial charge in [-0.1, -0.05) is 6.92 Å². The second-order valence-corrected chi connectivity index (χ2v) is 3.98. The third-order valence-electron chi connectivity index (χ3n) is 2.80. The van der Waals surface area contributed by atoms with Gasteiger partial charge in [0.15, 0.2) is 5.82 Å². The highest BCUT2D eigenvalue weighted by Crippen LogP contribution is 2.20. The Bertz CT molecular complexity index is 664. The smallest absolute Gasteiger partial charge is 0.151 e. The van der Waals surface area contributed by atoms with E-state index in [1.165, 1.54) is 0 Å². The van der Waals surface area contributed by atoms with Gasteiger partial charge >= 0.3 is 0 Å². The van der Waals surface area contributed by atoms with E-state index in [1.807, 2.05) is 17.7 Å². The highest BCUT2D eigenvalue weighted by atomic mass is 15.1. The molecule has 0 aromatic carbocycles. The van der Waals surface area contributed by atoms with Crippen LogP contribution in [0.2, 0.25) is 0 Å². The third kappa shape index (κ3) is 1.51. The molecule has 0 saturated heterocycles. The second kappa shape index (κ2) is 3.69. The van der Waals surface area contributed by atoms with Gasteiger partial charge in [0.05, 0.1) is 5.39 Å². The molecule has 0 radical (unpaired) electrons. The first-order valence-corrected chi connectivity index (χ1v) is 5.62. The molecule has 0 atom stereocenters. The van der Waals surface area contributed by atoms with E-state index in [4.69, 9.17) is 0 Å². The minimum Gasteiger partial charge on any atom is -0.343 e. The number of hydrogen-bond acceptors (Lipinski definition) is 3. The number of imidazole rings is 1. The molecule has 0 unspecified atom stereocenters. The van der Waals surface area contributed by atoms with Gasteiger partial charge in [-0.2, -0.15) is 0 Å². The van der Waals surface area contributed by atoms with Gasteiger partial charge in [0.1, 0.15) is 17.8 Å². The number of aryl methyl sites for hydroxylation is 2. The Morgan fingerprint density at radius 2 is 2.18 bits per heavy atom. The topological polar surface area (TPSA) is 59.4 Å². The molecule has 0 aliphatic carbocycles. The summed E-state index contributed by atoms with van der Waals surface area (Å²) in [5.41, 5.74) is 1.95. The quantitative estimate of drug-likeness (QED) is 0.728. The molecule has 3 aromatic rings. The van der Waals surface area contributed by atoms with E-state index in [2.05, 4.69) is 32.9 Å². The van der Waals surface area contributed by atoms with Gasteiger partial charge in [-0.05, 0) is 13.0 Å². The lowest BCUT2D eigenvalue weighted by atomic mass is 10.3. The molecule has 0 bridgehead atoms. The molecule has 3 rings (SSSR count). The number of fused-ring (bicyclic) bond motifs is 1. The largest absolute Gasteiger partial charge is 0.343 e. The Kier molecular flexibility index (Phi) is 2.18. The maximum atomic E-state index is 4.36. The average molecular weight is 227 g/mol. The van der Waals surface area contributed by atoms with Crippen molar-refractivity contribution in [3.63, 3.8) is 0 Å². The standard InChI is InChI=1S/C12H13N5/c1-3-10-13-4-5-17(10)12-9-6-8(2)16-11(9)14-7-15-12/h4-7H,3H2,1-2H3,(H,14,15,16). The average Bonchev–Trinajstić information content (AvgIpc) is 2.92. The van der Waals surface area contributed by atoms with E-state index < -0.39 is 0 Å². The summed E-state index contributed by atoms with van der Waals surface area (Å²) < 4.78 is 2.01. The fourth-order valence-electron chi connectivity index (χ4n) is 2.04. The van der Waals surface area contributed by atoms with E-state index in [0.29, 0.717) is 0 Å².